The number of anilines is 2. The summed E-state index contributed by atoms with van der Waals surface area (Å²) in [5, 5.41) is 4.10. The minimum absolute atomic E-state index is 0.736. The number of hydrogen-bond donors (Lipinski definition) is 1. The lowest BCUT2D eigenvalue weighted by atomic mass is 10.3. The predicted molar refractivity (Wildman–Crippen MR) is 90.9 cm³/mol. The van der Waals surface area contributed by atoms with Gasteiger partial charge < -0.3 is 14.6 Å². The molecule has 0 unspecified atom stereocenters. The normalized spacial score (nSPS) is 10.8. The van der Waals surface area contributed by atoms with Crippen molar-refractivity contribution in [1.82, 2.24) is 9.55 Å². The molecule has 0 amide bonds. The van der Waals surface area contributed by atoms with Gasteiger partial charge in [0, 0.05) is 35.1 Å². The summed E-state index contributed by atoms with van der Waals surface area (Å²) in [5.74, 6) is 0.846. The van der Waals surface area contributed by atoms with Crippen LogP contribution in [0.3, 0.4) is 0 Å². The largest absolute Gasteiger partial charge is 0.385 e. The maximum atomic E-state index is 5.97. The number of aromatic nitrogens is 2. The molecule has 0 bridgehead atoms. The van der Waals surface area contributed by atoms with Crippen LogP contribution in [-0.2, 0) is 11.3 Å². The Labute approximate surface area is 137 Å². The summed E-state index contributed by atoms with van der Waals surface area (Å²) >= 11 is 8.23. The number of aryl methyl sites for hydroxylation is 2. The van der Waals surface area contributed by atoms with E-state index < -0.39 is 0 Å². The summed E-state index contributed by atoms with van der Waals surface area (Å²) in [6, 6.07) is 5.76. The van der Waals surface area contributed by atoms with Gasteiger partial charge in [0.15, 0.2) is 0 Å². The molecule has 1 aromatic heterocycles. The van der Waals surface area contributed by atoms with Crippen LogP contribution < -0.4 is 5.32 Å². The third-order valence-corrected chi connectivity index (χ3v) is 3.95. The van der Waals surface area contributed by atoms with Crippen molar-refractivity contribution in [2.75, 3.05) is 19.0 Å². The number of halogens is 2. The van der Waals surface area contributed by atoms with E-state index in [0.717, 1.165) is 45.5 Å². The highest BCUT2D eigenvalue weighted by Crippen LogP contribution is 2.25. The first-order valence-electron chi connectivity index (χ1n) is 6.35. The first kappa shape index (κ1) is 15.6. The Balaban J connectivity index is 2.15. The highest BCUT2D eigenvalue weighted by atomic mass is 127. The standard InChI is InChI=1S/C14H17ClIN3O/c1-10-9-19(6-3-7-20-2)14(17-10)18-13-5-4-11(15)8-12(13)16/h4-5,8-9H,3,6-7H2,1-2H3,(H,17,18). The molecule has 6 heteroatoms. The van der Waals surface area contributed by atoms with Gasteiger partial charge in [-0.2, -0.15) is 0 Å². The zero-order valence-electron chi connectivity index (χ0n) is 11.5. The monoisotopic (exact) mass is 405 g/mol. The highest BCUT2D eigenvalue weighted by Gasteiger charge is 2.08. The number of hydrogen-bond acceptors (Lipinski definition) is 3. The van der Waals surface area contributed by atoms with Crippen LogP contribution in [0.1, 0.15) is 12.1 Å². The molecule has 20 heavy (non-hydrogen) atoms. The molecule has 1 heterocycles. The number of imidazole rings is 1. The van der Waals surface area contributed by atoms with Crippen molar-refractivity contribution in [1.29, 1.82) is 0 Å². The Kier molecular flexibility index (Phi) is 5.68. The van der Waals surface area contributed by atoms with Gasteiger partial charge in [0.2, 0.25) is 5.95 Å². The van der Waals surface area contributed by atoms with E-state index in [1.807, 2.05) is 31.3 Å². The summed E-state index contributed by atoms with van der Waals surface area (Å²) in [7, 11) is 1.72. The molecule has 2 aromatic rings. The van der Waals surface area contributed by atoms with E-state index in [-0.39, 0.29) is 0 Å². The minimum atomic E-state index is 0.736. The fourth-order valence-corrected chi connectivity index (χ4v) is 2.91. The van der Waals surface area contributed by atoms with Gasteiger partial charge >= 0.3 is 0 Å². The smallest absolute Gasteiger partial charge is 0.207 e. The maximum absolute atomic E-state index is 5.97. The molecule has 4 nitrogen and oxygen atoms in total. The van der Waals surface area contributed by atoms with E-state index in [4.69, 9.17) is 16.3 Å². The van der Waals surface area contributed by atoms with Gasteiger partial charge in [-0.15, -0.1) is 0 Å². The number of nitrogens with zero attached hydrogens (tertiary/aromatic N) is 2. The van der Waals surface area contributed by atoms with Gasteiger partial charge in [0.25, 0.3) is 0 Å². The SMILES string of the molecule is COCCCn1cc(C)nc1Nc1ccc(Cl)cc1I. The van der Waals surface area contributed by atoms with E-state index >= 15 is 0 Å². The topological polar surface area (TPSA) is 39.1 Å². The molecule has 0 saturated carbocycles. The molecule has 108 valence electrons. The molecular formula is C14H17ClIN3O. The van der Waals surface area contributed by atoms with Crippen LogP contribution in [0.4, 0.5) is 11.6 Å². The first-order valence-corrected chi connectivity index (χ1v) is 7.80. The van der Waals surface area contributed by atoms with Crippen molar-refractivity contribution in [3.63, 3.8) is 0 Å². The van der Waals surface area contributed by atoms with Crippen molar-refractivity contribution >= 4 is 45.8 Å². The second-order valence-electron chi connectivity index (χ2n) is 4.49. The molecule has 0 aliphatic heterocycles. The summed E-state index contributed by atoms with van der Waals surface area (Å²) < 4.78 is 8.27. The Hall–Kier alpha value is -0.790. The van der Waals surface area contributed by atoms with Crippen molar-refractivity contribution in [3.05, 3.63) is 38.7 Å². The van der Waals surface area contributed by atoms with Crippen LogP contribution in [0.5, 0.6) is 0 Å². The molecule has 0 aliphatic carbocycles. The molecule has 1 N–H and O–H groups in total. The second-order valence-corrected chi connectivity index (χ2v) is 6.09. The Bertz CT molecular complexity index is 586. The van der Waals surface area contributed by atoms with Gasteiger partial charge in [-0.1, -0.05) is 11.6 Å². The van der Waals surface area contributed by atoms with Crippen molar-refractivity contribution in [2.24, 2.45) is 0 Å². The Morgan fingerprint density at radius 1 is 1.45 bits per heavy atom. The van der Waals surface area contributed by atoms with Crippen molar-refractivity contribution in [2.45, 2.75) is 19.9 Å². The lowest BCUT2D eigenvalue weighted by molar-refractivity contribution is 0.190. The van der Waals surface area contributed by atoms with Gasteiger partial charge in [0.05, 0.1) is 11.4 Å². The van der Waals surface area contributed by atoms with Crippen LogP contribution >= 0.6 is 34.2 Å². The third-order valence-electron chi connectivity index (χ3n) is 2.82. The van der Waals surface area contributed by atoms with E-state index in [9.17, 15) is 0 Å². The van der Waals surface area contributed by atoms with Crippen LogP contribution in [0, 0.1) is 10.5 Å². The first-order chi connectivity index (χ1) is 9.60. The van der Waals surface area contributed by atoms with E-state index in [0.29, 0.717) is 0 Å². The third kappa shape index (κ3) is 4.10. The molecule has 0 saturated heterocycles. The van der Waals surface area contributed by atoms with Crippen LogP contribution in [0.25, 0.3) is 0 Å². The average molecular weight is 406 g/mol. The quantitative estimate of drug-likeness (QED) is 0.577. The summed E-state index contributed by atoms with van der Waals surface area (Å²) in [6.45, 7) is 3.61. The molecule has 0 atom stereocenters. The number of benzene rings is 1. The zero-order chi connectivity index (χ0) is 14.5. The fraction of sp³-hybridized carbons (Fsp3) is 0.357. The summed E-state index contributed by atoms with van der Waals surface area (Å²) in [6.07, 6.45) is 3.00. The molecule has 2 rings (SSSR count). The van der Waals surface area contributed by atoms with E-state index in [1.165, 1.54) is 0 Å². The summed E-state index contributed by atoms with van der Waals surface area (Å²) in [5.41, 5.74) is 2.00. The van der Waals surface area contributed by atoms with Crippen LogP contribution in [0.15, 0.2) is 24.4 Å². The predicted octanol–water partition coefficient (Wildman–Crippen LogP) is 4.23. The fourth-order valence-electron chi connectivity index (χ4n) is 1.91. The van der Waals surface area contributed by atoms with Gasteiger partial charge in [-0.3, -0.25) is 0 Å². The highest BCUT2D eigenvalue weighted by molar-refractivity contribution is 14.1. The van der Waals surface area contributed by atoms with E-state index in [1.54, 1.807) is 7.11 Å². The maximum Gasteiger partial charge on any atom is 0.207 e. The molecule has 0 fully saturated rings. The lowest BCUT2D eigenvalue weighted by Gasteiger charge is -2.11. The molecular weight excluding hydrogens is 389 g/mol. The van der Waals surface area contributed by atoms with Gasteiger partial charge in [-0.05, 0) is 54.1 Å². The molecule has 0 spiro atoms. The van der Waals surface area contributed by atoms with Crippen LogP contribution in [0.2, 0.25) is 5.02 Å². The molecule has 1 aromatic carbocycles. The van der Waals surface area contributed by atoms with Crippen molar-refractivity contribution < 1.29 is 4.74 Å². The molecule has 0 radical (unpaired) electrons. The number of ether oxygens (including phenoxy) is 1. The Morgan fingerprint density at radius 2 is 2.25 bits per heavy atom. The minimum Gasteiger partial charge on any atom is -0.385 e. The number of rotatable bonds is 6. The van der Waals surface area contributed by atoms with Crippen molar-refractivity contribution in [3.8, 4) is 0 Å². The molecule has 0 aliphatic rings. The second kappa shape index (κ2) is 7.28. The van der Waals surface area contributed by atoms with Crippen LogP contribution in [-0.4, -0.2) is 23.3 Å². The average Bonchev–Trinajstić information content (AvgIpc) is 2.73. The lowest BCUT2D eigenvalue weighted by Crippen LogP contribution is -2.05. The summed E-state index contributed by atoms with van der Waals surface area (Å²) in [4.78, 5) is 4.52. The van der Waals surface area contributed by atoms with Gasteiger partial charge in [0.1, 0.15) is 0 Å². The number of nitrogens with one attached hydrogen (secondary N) is 1. The number of methoxy groups -OCH3 is 1. The van der Waals surface area contributed by atoms with Gasteiger partial charge in [-0.25, -0.2) is 4.98 Å². The Morgan fingerprint density at radius 3 is 2.95 bits per heavy atom. The van der Waals surface area contributed by atoms with E-state index in [2.05, 4.69) is 37.5 Å². The zero-order valence-corrected chi connectivity index (χ0v) is 14.4.